The van der Waals surface area contributed by atoms with Crippen molar-refractivity contribution in [1.82, 2.24) is 14.8 Å². The van der Waals surface area contributed by atoms with Crippen LogP contribution in [0.25, 0.3) is 0 Å². The van der Waals surface area contributed by atoms with Crippen molar-refractivity contribution >= 4 is 35.0 Å². The molecule has 1 aliphatic heterocycles. The van der Waals surface area contributed by atoms with Crippen LogP contribution in [-0.4, -0.2) is 39.1 Å². The van der Waals surface area contributed by atoms with Crippen LogP contribution in [0.3, 0.4) is 0 Å². The number of H-pyrrole nitrogens is 1. The third kappa shape index (κ3) is 4.62. The molecule has 1 atom stereocenters. The number of aromatic nitrogens is 3. The monoisotopic (exact) mass is 386 g/mol. The first-order chi connectivity index (χ1) is 12.0. The summed E-state index contributed by atoms with van der Waals surface area (Å²) in [5.74, 6) is -0.819. The number of rotatable bonds is 6. The number of hydrogen-bond donors (Lipinski definition) is 2. The lowest BCUT2D eigenvalue weighted by atomic mass is 10.2. The van der Waals surface area contributed by atoms with E-state index in [0.29, 0.717) is 24.0 Å². The Hall–Kier alpha value is -1.84. The number of halogens is 2. The van der Waals surface area contributed by atoms with Gasteiger partial charge in [-0.05, 0) is 31.0 Å². The molecular weight excluding hydrogens is 371 g/mol. The minimum Gasteiger partial charge on any atom is -0.376 e. The highest BCUT2D eigenvalue weighted by Crippen LogP contribution is 2.21. The third-order valence-corrected chi connectivity index (χ3v) is 4.94. The molecule has 0 unspecified atom stereocenters. The summed E-state index contributed by atoms with van der Waals surface area (Å²) in [7, 11) is 0. The van der Waals surface area contributed by atoms with Crippen molar-refractivity contribution < 1.29 is 13.9 Å². The number of nitrogens with zero attached hydrogens (tertiary/aromatic N) is 2. The molecule has 1 fully saturated rings. The van der Waals surface area contributed by atoms with E-state index in [1.54, 1.807) is 0 Å². The van der Waals surface area contributed by atoms with E-state index in [1.807, 2.05) is 0 Å². The molecule has 2 aromatic rings. The molecule has 1 saturated heterocycles. The number of nitrogens with one attached hydrogen (secondary N) is 2. The maximum absolute atomic E-state index is 13.1. The zero-order chi connectivity index (χ0) is 17.8. The Kier molecular flexibility index (Phi) is 5.77. The number of thioether (sulfide) groups is 1. The van der Waals surface area contributed by atoms with Crippen LogP contribution in [0.4, 0.5) is 10.1 Å². The number of carbonyl (C=O) groups excluding carboxylic acids is 1. The minimum atomic E-state index is -0.552. The fourth-order valence-electron chi connectivity index (χ4n) is 2.47. The summed E-state index contributed by atoms with van der Waals surface area (Å²) in [6.45, 7) is 1.11. The standard InChI is InChI=1S/C15H16ClFN4O3S/c16-11-6-9(3-4-12(11)17)18-13(22)8-25-15-20-19-14(23)21(15)7-10-2-1-5-24-10/h3-4,6,10H,1-2,5,7-8H2,(H,18,22)(H,19,23)/t10-/m1/s1. The Bertz CT molecular complexity index is 819. The van der Waals surface area contributed by atoms with Crippen molar-refractivity contribution in [1.29, 1.82) is 0 Å². The summed E-state index contributed by atoms with van der Waals surface area (Å²) in [6.07, 6.45) is 1.86. The van der Waals surface area contributed by atoms with E-state index in [1.165, 1.54) is 22.8 Å². The highest BCUT2D eigenvalue weighted by Gasteiger charge is 2.20. The van der Waals surface area contributed by atoms with Crippen molar-refractivity contribution in [3.63, 3.8) is 0 Å². The highest BCUT2D eigenvalue weighted by atomic mass is 35.5. The summed E-state index contributed by atoms with van der Waals surface area (Å²) in [6, 6.07) is 3.94. The Labute approximate surface area is 151 Å². The minimum absolute atomic E-state index is 0.00941. The maximum atomic E-state index is 13.1. The second-order valence-electron chi connectivity index (χ2n) is 5.52. The molecule has 1 amide bonds. The molecule has 10 heteroatoms. The number of aromatic amines is 1. The molecule has 0 spiro atoms. The molecule has 134 valence electrons. The Morgan fingerprint density at radius 3 is 3.12 bits per heavy atom. The van der Waals surface area contributed by atoms with Crippen molar-refractivity contribution in [2.24, 2.45) is 0 Å². The summed E-state index contributed by atoms with van der Waals surface area (Å²) < 4.78 is 20.1. The van der Waals surface area contributed by atoms with E-state index in [-0.39, 0.29) is 28.5 Å². The Balaban J connectivity index is 1.58. The van der Waals surface area contributed by atoms with Crippen LogP contribution < -0.4 is 11.0 Å². The van der Waals surface area contributed by atoms with E-state index >= 15 is 0 Å². The van der Waals surface area contributed by atoms with E-state index < -0.39 is 5.82 Å². The summed E-state index contributed by atoms with van der Waals surface area (Å²) in [5.41, 5.74) is 0.0690. The largest absolute Gasteiger partial charge is 0.376 e. The van der Waals surface area contributed by atoms with Crippen LogP contribution in [0.1, 0.15) is 12.8 Å². The molecule has 1 aliphatic rings. The van der Waals surface area contributed by atoms with Crippen molar-refractivity contribution in [2.45, 2.75) is 30.6 Å². The van der Waals surface area contributed by atoms with E-state index in [0.717, 1.165) is 24.6 Å². The molecule has 2 heterocycles. The van der Waals surface area contributed by atoms with Gasteiger partial charge in [0, 0.05) is 12.3 Å². The molecule has 3 rings (SSSR count). The average Bonchev–Trinajstić information content (AvgIpc) is 3.21. The SMILES string of the molecule is O=C(CSc1n[nH]c(=O)n1C[C@H]1CCCO1)Nc1ccc(F)c(Cl)c1. The molecule has 1 aromatic heterocycles. The lowest BCUT2D eigenvalue weighted by Gasteiger charge is -2.11. The Morgan fingerprint density at radius 2 is 2.40 bits per heavy atom. The molecular formula is C15H16ClFN4O3S. The number of amides is 1. The molecule has 0 aliphatic carbocycles. The fourth-order valence-corrected chi connectivity index (χ4v) is 3.40. The maximum Gasteiger partial charge on any atom is 0.344 e. The number of carbonyl (C=O) groups is 1. The van der Waals surface area contributed by atoms with Gasteiger partial charge in [-0.3, -0.25) is 9.36 Å². The van der Waals surface area contributed by atoms with E-state index in [4.69, 9.17) is 16.3 Å². The molecule has 1 aromatic carbocycles. The summed E-state index contributed by atoms with van der Waals surface area (Å²) in [5, 5.41) is 9.31. The molecule has 7 nitrogen and oxygen atoms in total. The van der Waals surface area contributed by atoms with Gasteiger partial charge in [0.25, 0.3) is 0 Å². The van der Waals surface area contributed by atoms with Crippen molar-refractivity contribution in [2.75, 3.05) is 17.7 Å². The average molecular weight is 387 g/mol. The first-order valence-electron chi connectivity index (χ1n) is 7.67. The van der Waals surface area contributed by atoms with Crippen molar-refractivity contribution in [3.05, 3.63) is 39.5 Å². The van der Waals surface area contributed by atoms with Crippen LogP contribution in [0, 0.1) is 5.82 Å². The van der Waals surface area contributed by atoms with E-state index in [9.17, 15) is 14.0 Å². The lowest BCUT2D eigenvalue weighted by molar-refractivity contribution is -0.113. The van der Waals surface area contributed by atoms with Gasteiger partial charge < -0.3 is 10.1 Å². The molecule has 0 saturated carbocycles. The van der Waals surface area contributed by atoms with Gasteiger partial charge in [-0.15, -0.1) is 5.10 Å². The van der Waals surface area contributed by atoms with Crippen LogP contribution in [0.5, 0.6) is 0 Å². The van der Waals surface area contributed by atoms with Crippen LogP contribution >= 0.6 is 23.4 Å². The molecule has 25 heavy (non-hydrogen) atoms. The number of ether oxygens (including phenoxy) is 1. The predicted octanol–water partition coefficient (Wildman–Crippen LogP) is 2.27. The summed E-state index contributed by atoms with van der Waals surface area (Å²) in [4.78, 5) is 23.9. The third-order valence-electron chi connectivity index (χ3n) is 3.67. The Morgan fingerprint density at radius 1 is 1.56 bits per heavy atom. The van der Waals surface area contributed by atoms with Gasteiger partial charge >= 0.3 is 5.69 Å². The topological polar surface area (TPSA) is 89.0 Å². The second kappa shape index (κ2) is 8.03. The van der Waals surface area contributed by atoms with E-state index in [2.05, 4.69) is 15.5 Å². The highest BCUT2D eigenvalue weighted by molar-refractivity contribution is 7.99. The lowest BCUT2D eigenvalue weighted by Crippen LogP contribution is -2.25. The fraction of sp³-hybridized carbons (Fsp3) is 0.400. The van der Waals surface area contributed by atoms with Crippen LogP contribution in [-0.2, 0) is 16.1 Å². The van der Waals surface area contributed by atoms with Gasteiger partial charge in [0.2, 0.25) is 5.91 Å². The quantitative estimate of drug-likeness (QED) is 0.743. The van der Waals surface area contributed by atoms with Gasteiger partial charge in [0.05, 0.1) is 23.4 Å². The number of benzene rings is 1. The first-order valence-corrected chi connectivity index (χ1v) is 9.04. The molecule has 0 radical (unpaired) electrons. The van der Waals surface area contributed by atoms with Gasteiger partial charge in [-0.2, -0.15) is 0 Å². The second-order valence-corrected chi connectivity index (χ2v) is 6.87. The van der Waals surface area contributed by atoms with Crippen LogP contribution in [0.2, 0.25) is 5.02 Å². The smallest absolute Gasteiger partial charge is 0.344 e. The first kappa shape index (κ1) is 18.0. The predicted molar refractivity (Wildman–Crippen MR) is 92.6 cm³/mol. The number of hydrogen-bond acceptors (Lipinski definition) is 5. The van der Waals surface area contributed by atoms with Gasteiger partial charge in [0.15, 0.2) is 5.16 Å². The summed E-state index contributed by atoms with van der Waals surface area (Å²) >= 11 is 6.81. The zero-order valence-corrected chi connectivity index (χ0v) is 14.7. The van der Waals surface area contributed by atoms with Gasteiger partial charge in [-0.25, -0.2) is 14.3 Å². The van der Waals surface area contributed by atoms with Crippen LogP contribution in [0.15, 0.2) is 28.2 Å². The van der Waals surface area contributed by atoms with Crippen molar-refractivity contribution in [3.8, 4) is 0 Å². The normalized spacial score (nSPS) is 17.0. The molecule has 2 N–H and O–H groups in total. The van der Waals surface area contributed by atoms with Gasteiger partial charge in [0.1, 0.15) is 5.82 Å². The van der Waals surface area contributed by atoms with Gasteiger partial charge in [-0.1, -0.05) is 23.4 Å². The molecule has 0 bridgehead atoms. The zero-order valence-electron chi connectivity index (χ0n) is 13.1. The number of anilines is 1.